The van der Waals surface area contributed by atoms with Gasteiger partial charge in [-0.05, 0) is 37.1 Å². The average Bonchev–Trinajstić information content (AvgIpc) is 2.56. The standard InChI is InChI=1S/C17H21N3O4/c1-3-16(23)19-13-4-5-15(22)14(10-13)17(24)20-8-6-12(7-9-20)18-11(2)21/h3-5,10,12,22H,1,6-9H2,2H3,(H,18,21)(H,19,23). The Morgan fingerprint density at radius 3 is 2.54 bits per heavy atom. The Balaban J connectivity index is 2.07. The number of hydrogen-bond donors (Lipinski definition) is 3. The lowest BCUT2D eigenvalue weighted by Gasteiger charge is -2.32. The van der Waals surface area contributed by atoms with Gasteiger partial charge >= 0.3 is 0 Å². The Hall–Kier alpha value is -2.83. The first-order valence-corrected chi connectivity index (χ1v) is 7.73. The number of nitrogens with zero attached hydrogens (tertiary/aromatic N) is 1. The average molecular weight is 331 g/mol. The van der Waals surface area contributed by atoms with Gasteiger partial charge in [-0.1, -0.05) is 6.58 Å². The highest BCUT2D eigenvalue weighted by molar-refractivity contribution is 6.02. The Morgan fingerprint density at radius 1 is 1.29 bits per heavy atom. The number of phenols is 1. The molecule has 2 rings (SSSR count). The molecule has 3 amide bonds. The number of nitrogens with one attached hydrogen (secondary N) is 2. The van der Waals surface area contributed by atoms with Crippen LogP contribution >= 0.6 is 0 Å². The fourth-order valence-electron chi connectivity index (χ4n) is 2.66. The molecule has 1 fully saturated rings. The van der Waals surface area contributed by atoms with Gasteiger partial charge in [0.15, 0.2) is 0 Å². The first-order chi connectivity index (χ1) is 11.4. The molecule has 0 spiro atoms. The molecule has 7 heteroatoms. The van der Waals surface area contributed by atoms with E-state index in [1.54, 1.807) is 4.90 Å². The van der Waals surface area contributed by atoms with Crippen molar-refractivity contribution in [2.45, 2.75) is 25.8 Å². The molecule has 1 aromatic carbocycles. The van der Waals surface area contributed by atoms with Crippen molar-refractivity contribution in [2.75, 3.05) is 18.4 Å². The topological polar surface area (TPSA) is 98.7 Å². The SMILES string of the molecule is C=CC(=O)Nc1ccc(O)c(C(=O)N2CCC(NC(C)=O)CC2)c1. The second-order valence-corrected chi connectivity index (χ2v) is 5.69. The summed E-state index contributed by atoms with van der Waals surface area (Å²) in [5.74, 6) is -0.914. The van der Waals surface area contributed by atoms with Crippen molar-refractivity contribution in [1.82, 2.24) is 10.2 Å². The second kappa shape index (κ2) is 7.63. The van der Waals surface area contributed by atoms with E-state index in [0.29, 0.717) is 31.6 Å². The molecule has 7 nitrogen and oxygen atoms in total. The minimum Gasteiger partial charge on any atom is -0.507 e. The van der Waals surface area contributed by atoms with Gasteiger partial charge in [0.05, 0.1) is 5.56 Å². The summed E-state index contributed by atoms with van der Waals surface area (Å²) in [6.07, 6.45) is 2.46. The Kier molecular flexibility index (Phi) is 5.57. The van der Waals surface area contributed by atoms with Crippen molar-refractivity contribution >= 4 is 23.4 Å². The molecule has 0 unspecified atom stereocenters. The number of piperidine rings is 1. The van der Waals surface area contributed by atoms with Crippen molar-refractivity contribution in [1.29, 1.82) is 0 Å². The Labute approximate surface area is 140 Å². The van der Waals surface area contributed by atoms with Crippen LogP contribution in [0.4, 0.5) is 5.69 Å². The highest BCUT2D eigenvalue weighted by Crippen LogP contribution is 2.24. The maximum atomic E-state index is 12.6. The number of hydrogen-bond acceptors (Lipinski definition) is 4. The first kappa shape index (κ1) is 17.5. The van der Waals surface area contributed by atoms with E-state index < -0.39 is 5.91 Å². The van der Waals surface area contributed by atoms with Crippen LogP contribution in [-0.4, -0.2) is 46.9 Å². The zero-order valence-corrected chi connectivity index (χ0v) is 13.5. The quantitative estimate of drug-likeness (QED) is 0.571. The van der Waals surface area contributed by atoms with Gasteiger partial charge in [-0.3, -0.25) is 14.4 Å². The van der Waals surface area contributed by atoms with Crippen molar-refractivity contribution in [3.8, 4) is 5.75 Å². The number of anilines is 1. The van der Waals surface area contributed by atoms with E-state index >= 15 is 0 Å². The number of rotatable bonds is 4. The predicted octanol–water partition coefficient (Wildman–Crippen LogP) is 1.26. The molecule has 1 heterocycles. The van der Waals surface area contributed by atoms with Gasteiger partial charge in [-0.15, -0.1) is 0 Å². The van der Waals surface area contributed by atoms with E-state index in [1.165, 1.54) is 25.1 Å². The molecule has 24 heavy (non-hydrogen) atoms. The zero-order chi connectivity index (χ0) is 17.7. The Bertz CT molecular complexity index is 664. The van der Waals surface area contributed by atoms with Crippen LogP contribution in [0.2, 0.25) is 0 Å². The molecule has 1 aliphatic rings. The summed E-state index contributed by atoms with van der Waals surface area (Å²) in [6, 6.07) is 4.39. The molecule has 1 saturated heterocycles. The van der Waals surface area contributed by atoms with Gasteiger partial charge in [0.2, 0.25) is 11.8 Å². The van der Waals surface area contributed by atoms with Crippen LogP contribution in [0.15, 0.2) is 30.9 Å². The first-order valence-electron chi connectivity index (χ1n) is 7.73. The maximum absolute atomic E-state index is 12.6. The molecule has 128 valence electrons. The number of carbonyl (C=O) groups is 3. The molecule has 0 aromatic heterocycles. The lowest BCUT2D eigenvalue weighted by molar-refractivity contribution is -0.120. The van der Waals surface area contributed by atoms with E-state index in [2.05, 4.69) is 17.2 Å². The third-order valence-corrected chi connectivity index (χ3v) is 3.87. The second-order valence-electron chi connectivity index (χ2n) is 5.69. The number of amides is 3. The molecule has 1 aliphatic heterocycles. The molecular weight excluding hydrogens is 310 g/mol. The highest BCUT2D eigenvalue weighted by atomic mass is 16.3. The van der Waals surface area contributed by atoms with Gasteiger partial charge in [0, 0.05) is 31.7 Å². The van der Waals surface area contributed by atoms with Crippen LogP contribution in [0.1, 0.15) is 30.1 Å². The fraction of sp³-hybridized carbons (Fsp3) is 0.353. The predicted molar refractivity (Wildman–Crippen MR) is 89.7 cm³/mol. The largest absolute Gasteiger partial charge is 0.507 e. The molecular formula is C17H21N3O4. The van der Waals surface area contributed by atoms with Crippen LogP contribution in [-0.2, 0) is 9.59 Å². The molecule has 0 aliphatic carbocycles. The minimum absolute atomic E-state index is 0.0679. The van der Waals surface area contributed by atoms with Gasteiger partial charge in [0.25, 0.3) is 5.91 Å². The number of benzene rings is 1. The highest BCUT2D eigenvalue weighted by Gasteiger charge is 2.25. The van der Waals surface area contributed by atoms with E-state index in [1.807, 2.05) is 0 Å². The maximum Gasteiger partial charge on any atom is 0.257 e. The van der Waals surface area contributed by atoms with Gasteiger partial charge in [-0.25, -0.2) is 0 Å². The monoisotopic (exact) mass is 331 g/mol. The number of phenolic OH excluding ortho intramolecular Hbond substituents is 1. The van der Waals surface area contributed by atoms with Gasteiger partial charge in [0.1, 0.15) is 5.75 Å². The van der Waals surface area contributed by atoms with E-state index in [0.717, 1.165) is 6.08 Å². The molecule has 0 bridgehead atoms. The third-order valence-electron chi connectivity index (χ3n) is 3.87. The molecule has 0 radical (unpaired) electrons. The normalized spacial score (nSPS) is 14.8. The summed E-state index contributed by atoms with van der Waals surface area (Å²) in [7, 11) is 0. The molecule has 1 aromatic rings. The van der Waals surface area contributed by atoms with E-state index in [4.69, 9.17) is 0 Å². The van der Waals surface area contributed by atoms with Crippen molar-refractivity contribution in [3.63, 3.8) is 0 Å². The number of aromatic hydroxyl groups is 1. The summed E-state index contributed by atoms with van der Waals surface area (Å²) >= 11 is 0. The molecule has 3 N–H and O–H groups in total. The van der Waals surface area contributed by atoms with Crippen LogP contribution in [0, 0.1) is 0 Å². The van der Waals surface area contributed by atoms with Crippen LogP contribution in [0.5, 0.6) is 5.75 Å². The van der Waals surface area contributed by atoms with Crippen molar-refractivity contribution in [3.05, 3.63) is 36.4 Å². The van der Waals surface area contributed by atoms with Crippen LogP contribution in [0.3, 0.4) is 0 Å². The Morgan fingerprint density at radius 2 is 1.96 bits per heavy atom. The lowest BCUT2D eigenvalue weighted by Crippen LogP contribution is -2.46. The van der Waals surface area contributed by atoms with Crippen LogP contribution in [0.25, 0.3) is 0 Å². The van der Waals surface area contributed by atoms with Gasteiger partial charge < -0.3 is 20.6 Å². The summed E-state index contributed by atoms with van der Waals surface area (Å²) in [4.78, 5) is 36.7. The fourth-order valence-corrected chi connectivity index (χ4v) is 2.66. The van der Waals surface area contributed by atoms with Crippen LogP contribution < -0.4 is 10.6 Å². The van der Waals surface area contributed by atoms with Crippen molar-refractivity contribution in [2.24, 2.45) is 0 Å². The number of carbonyl (C=O) groups excluding carboxylic acids is 3. The smallest absolute Gasteiger partial charge is 0.257 e. The molecule has 0 saturated carbocycles. The van der Waals surface area contributed by atoms with E-state index in [-0.39, 0.29) is 29.2 Å². The summed E-state index contributed by atoms with van der Waals surface area (Å²) in [5, 5.41) is 15.4. The minimum atomic E-state index is -0.393. The lowest BCUT2D eigenvalue weighted by atomic mass is 10.0. The summed E-state index contributed by atoms with van der Waals surface area (Å²) < 4.78 is 0. The van der Waals surface area contributed by atoms with Gasteiger partial charge in [-0.2, -0.15) is 0 Å². The summed E-state index contributed by atoms with van der Waals surface area (Å²) in [6.45, 7) is 5.82. The zero-order valence-electron chi connectivity index (χ0n) is 13.5. The molecule has 0 atom stereocenters. The van der Waals surface area contributed by atoms with E-state index in [9.17, 15) is 19.5 Å². The summed E-state index contributed by atoms with van der Waals surface area (Å²) in [5.41, 5.74) is 0.545. The third kappa shape index (κ3) is 4.34. The number of likely N-dealkylation sites (tertiary alicyclic amines) is 1. The van der Waals surface area contributed by atoms with Crippen molar-refractivity contribution < 1.29 is 19.5 Å².